The van der Waals surface area contributed by atoms with Gasteiger partial charge >= 0.3 is 6.01 Å². The molecule has 0 unspecified atom stereocenters. The molecule has 0 radical (unpaired) electrons. The first-order valence-corrected chi connectivity index (χ1v) is 9.01. The van der Waals surface area contributed by atoms with Gasteiger partial charge in [-0.1, -0.05) is 35.8 Å². The monoisotopic (exact) mass is 364 g/mol. The van der Waals surface area contributed by atoms with Gasteiger partial charge < -0.3 is 14.8 Å². The predicted octanol–water partition coefficient (Wildman–Crippen LogP) is 3.28. The van der Waals surface area contributed by atoms with Crippen LogP contribution in [0.2, 0.25) is 5.02 Å². The van der Waals surface area contributed by atoms with Crippen LogP contribution in [0.1, 0.15) is 37.8 Å². The van der Waals surface area contributed by atoms with Gasteiger partial charge in [0, 0.05) is 30.1 Å². The maximum absolute atomic E-state index is 10.0. The first kappa shape index (κ1) is 18.2. The minimum atomic E-state index is -0.254. The second kappa shape index (κ2) is 7.32. The van der Waals surface area contributed by atoms with E-state index in [4.69, 9.17) is 16.0 Å². The molecule has 0 aliphatic carbocycles. The topological polar surface area (TPSA) is 74.4 Å². The van der Waals surface area contributed by atoms with Crippen molar-refractivity contribution in [1.82, 2.24) is 15.1 Å². The highest BCUT2D eigenvalue weighted by molar-refractivity contribution is 6.30. The Morgan fingerprint density at radius 1 is 1.36 bits per heavy atom. The number of hydrogen-bond acceptors (Lipinski definition) is 6. The molecule has 1 aromatic carbocycles. The summed E-state index contributed by atoms with van der Waals surface area (Å²) in [6.45, 7) is 7.71. The fourth-order valence-corrected chi connectivity index (χ4v) is 4.13. The van der Waals surface area contributed by atoms with Crippen molar-refractivity contribution in [3.63, 3.8) is 0 Å². The molecule has 2 heterocycles. The van der Waals surface area contributed by atoms with Crippen LogP contribution in [0.25, 0.3) is 0 Å². The molecule has 0 spiro atoms. The fraction of sp³-hybridized carbons (Fsp3) is 0.556. The molecule has 0 amide bonds. The number of likely N-dealkylation sites (N-methyl/N-ethyl adjacent to an activating group) is 1. The van der Waals surface area contributed by atoms with Crippen LogP contribution in [0.15, 0.2) is 28.7 Å². The number of rotatable bonds is 6. The summed E-state index contributed by atoms with van der Waals surface area (Å²) in [5.74, 6) is 0.837. The molecule has 0 saturated carbocycles. The van der Waals surface area contributed by atoms with Gasteiger partial charge in [-0.3, -0.25) is 4.90 Å². The first-order valence-electron chi connectivity index (χ1n) is 8.64. The van der Waals surface area contributed by atoms with E-state index >= 15 is 0 Å². The van der Waals surface area contributed by atoms with Crippen molar-refractivity contribution < 1.29 is 9.52 Å². The highest BCUT2D eigenvalue weighted by Crippen LogP contribution is 2.46. The van der Waals surface area contributed by atoms with Crippen molar-refractivity contribution in [2.45, 2.75) is 38.8 Å². The van der Waals surface area contributed by atoms with Crippen LogP contribution in [-0.2, 0) is 0 Å². The summed E-state index contributed by atoms with van der Waals surface area (Å²) >= 11 is 6.06. The maximum Gasteiger partial charge on any atom is 0.315 e. The van der Waals surface area contributed by atoms with Crippen LogP contribution in [-0.4, -0.2) is 45.4 Å². The molecule has 1 aromatic heterocycles. The molecule has 1 saturated heterocycles. The maximum atomic E-state index is 10.0. The number of benzene rings is 1. The number of aryl methyl sites for hydroxylation is 1. The molecule has 1 fully saturated rings. The van der Waals surface area contributed by atoms with E-state index < -0.39 is 0 Å². The van der Waals surface area contributed by atoms with Crippen molar-refractivity contribution in [3.05, 3.63) is 40.7 Å². The van der Waals surface area contributed by atoms with E-state index in [0.29, 0.717) is 24.4 Å². The van der Waals surface area contributed by atoms with Crippen LogP contribution in [0.5, 0.6) is 0 Å². The SMILES string of the molecule is CCN1[C@H](c2ccc(Cl)cc2)[C@H](CNc2nnc(C)o2)C[C@]1(C)CO. The summed E-state index contributed by atoms with van der Waals surface area (Å²) < 4.78 is 5.42. The van der Waals surface area contributed by atoms with Crippen molar-refractivity contribution in [1.29, 1.82) is 0 Å². The van der Waals surface area contributed by atoms with Crippen molar-refractivity contribution in [3.8, 4) is 0 Å². The Morgan fingerprint density at radius 3 is 2.64 bits per heavy atom. The Bertz CT molecular complexity index is 705. The highest BCUT2D eigenvalue weighted by atomic mass is 35.5. The Balaban J connectivity index is 1.85. The molecule has 25 heavy (non-hydrogen) atoms. The second-order valence-electron chi connectivity index (χ2n) is 6.91. The van der Waals surface area contributed by atoms with Crippen LogP contribution in [0, 0.1) is 12.8 Å². The van der Waals surface area contributed by atoms with E-state index in [-0.39, 0.29) is 18.2 Å². The van der Waals surface area contributed by atoms with Crippen LogP contribution in [0.3, 0.4) is 0 Å². The molecular weight excluding hydrogens is 340 g/mol. The normalized spacial score (nSPS) is 26.9. The summed E-state index contributed by atoms with van der Waals surface area (Å²) in [5, 5.41) is 21.8. The average molecular weight is 365 g/mol. The zero-order valence-corrected chi connectivity index (χ0v) is 15.6. The summed E-state index contributed by atoms with van der Waals surface area (Å²) in [5.41, 5.74) is 0.952. The molecule has 7 heteroatoms. The fourth-order valence-electron chi connectivity index (χ4n) is 4.00. The minimum absolute atomic E-state index is 0.126. The van der Waals surface area contributed by atoms with E-state index in [1.165, 1.54) is 5.56 Å². The lowest BCUT2D eigenvalue weighted by atomic mass is 9.90. The van der Waals surface area contributed by atoms with Crippen LogP contribution in [0.4, 0.5) is 6.01 Å². The van der Waals surface area contributed by atoms with Gasteiger partial charge in [-0.25, -0.2) is 0 Å². The number of aromatic nitrogens is 2. The number of hydrogen-bond donors (Lipinski definition) is 2. The molecule has 3 atom stereocenters. The van der Waals surface area contributed by atoms with Crippen molar-refractivity contribution in [2.75, 3.05) is 25.0 Å². The van der Waals surface area contributed by atoms with Crippen molar-refractivity contribution in [2.24, 2.45) is 5.92 Å². The van der Waals surface area contributed by atoms with Gasteiger partial charge in [-0.15, -0.1) is 5.10 Å². The third kappa shape index (κ3) is 3.66. The van der Waals surface area contributed by atoms with Crippen LogP contribution >= 0.6 is 11.6 Å². The molecule has 6 nitrogen and oxygen atoms in total. The number of anilines is 1. The first-order chi connectivity index (χ1) is 12.0. The Kier molecular flexibility index (Phi) is 5.32. The number of aliphatic hydroxyl groups excluding tert-OH is 1. The third-order valence-corrected chi connectivity index (χ3v) is 5.36. The lowest BCUT2D eigenvalue weighted by Crippen LogP contribution is -2.45. The Hall–Kier alpha value is -1.63. The Labute approximate surface area is 153 Å². The minimum Gasteiger partial charge on any atom is -0.408 e. The van der Waals surface area contributed by atoms with E-state index in [9.17, 15) is 5.11 Å². The molecule has 136 valence electrons. The summed E-state index contributed by atoms with van der Waals surface area (Å²) in [7, 11) is 0. The van der Waals surface area contributed by atoms with Gasteiger partial charge in [-0.2, -0.15) is 0 Å². The van der Waals surface area contributed by atoms with Gasteiger partial charge in [0.25, 0.3) is 0 Å². The van der Waals surface area contributed by atoms with Gasteiger partial charge in [-0.05, 0) is 43.5 Å². The standard InChI is InChI=1S/C18H25ClN4O2/c1-4-23-16(13-5-7-15(19)8-6-13)14(9-18(23,3)11-24)10-20-17-22-21-12(2)25-17/h5-8,14,16,24H,4,9-11H2,1-3H3,(H,20,22)/t14-,16+,18+/m0/s1. The highest BCUT2D eigenvalue weighted by Gasteiger charge is 2.48. The van der Waals surface area contributed by atoms with Crippen molar-refractivity contribution >= 4 is 17.6 Å². The molecule has 0 bridgehead atoms. The summed E-state index contributed by atoms with van der Waals surface area (Å²) in [6, 6.07) is 8.62. The zero-order chi connectivity index (χ0) is 18.0. The van der Waals surface area contributed by atoms with E-state index in [2.05, 4.69) is 46.4 Å². The largest absolute Gasteiger partial charge is 0.408 e. The number of likely N-dealkylation sites (tertiary alicyclic amines) is 1. The lowest BCUT2D eigenvalue weighted by molar-refractivity contribution is 0.0581. The van der Waals surface area contributed by atoms with E-state index in [1.807, 2.05) is 12.1 Å². The number of halogens is 1. The number of aliphatic hydroxyl groups is 1. The summed E-state index contributed by atoms with van der Waals surface area (Å²) in [4.78, 5) is 2.38. The lowest BCUT2D eigenvalue weighted by Gasteiger charge is -2.37. The van der Waals surface area contributed by atoms with Gasteiger partial charge in [0.2, 0.25) is 5.89 Å². The number of nitrogens with one attached hydrogen (secondary N) is 1. The van der Waals surface area contributed by atoms with Crippen LogP contribution < -0.4 is 5.32 Å². The zero-order valence-electron chi connectivity index (χ0n) is 14.9. The molecule has 1 aliphatic rings. The quantitative estimate of drug-likeness (QED) is 0.819. The van der Waals surface area contributed by atoms with E-state index in [1.54, 1.807) is 6.92 Å². The molecule has 2 aromatic rings. The molecule has 2 N–H and O–H groups in total. The third-order valence-electron chi connectivity index (χ3n) is 5.11. The van der Waals surface area contributed by atoms with Gasteiger partial charge in [0.05, 0.1) is 6.61 Å². The molecule has 3 rings (SSSR count). The van der Waals surface area contributed by atoms with Gasteiger partial charge in [0.1, 0.15) is 0 Å². The second-order valence-corrected chi connectivity index (χ2v) is 7.35. The molecular formula is C18H25ClN4O2. The Morgan fingerprint density at radius 2 is 2.08 bits per heavy atom. The predicted molar refractivity (Wildman–Crippen MR) is 97.7 cm³/mol. The molecule has 1 aliphatic heterocycles. The average Bonchev–Trinajstić information content (AvgIpc) is 3.14. The smallest absolute Gasteiger partial charge is 0.315 e. The summed E-state index contributed by atoms with van der Waals surface area (Å²) in [6.07, 6.45) is 0.880. The van der Waals surface area contributed by atoms with Gasteiger partial charge in [0.15, 0.2) is 0 Å². The number of nitrogens with zero attached hydrogens (tertiary/aromatic N) is 3. The van der Waals surface area contributed by atoms with E-state index in [0.717, 1.165) is 18.0 Å².